The van der Waals surface area contributed by atoms with Crippen LogP contribution in [0, 0.1) is 11.6 Å². The van der Waals surface area contributed by atoms with Gasteiger partial charge in [0.1, 0.15) is 0 Å². The Bertz CT molecular complexity index is 396. The summed E-state index contributed by atoms with van der Waals surface area (Å²) in [7, 11) is 3.90. The van der Waals surface area contributed by atoms with Crippen molar-refractivity contribution in [3.63, 3.8) is 0 Å². The molecule has 0 saturated heterocycles. The number of nitrogens with one attached hydrogen (secondary N) is 2. The van der Waals surface area contributed by atoms with Crippen LogP contribution in [-0.4, -0.2) is 37.2 Å². The second-order valence-corrected chi connectivity index (χ2v) is 4.22. The lowest BCUT2D eigenvalue weighted by Crippen LogP contribution is -2.34. The molecule has 1 aromatic rings. The van der Waals surface area contributed by atoms with E-state index in [0.717, 1.165) is 18.7 Å². The van der Waals surface area contributed by atoms with Gasteiger partial charge in [-0.15, -0.1) is 0 Å². The molecule has 0 atom stereocenters. The van der Waals surface area contributed by atoms with Crippen molar-refractivity contribution in [2.75, 3.05) is 32.5 Å². The molecule has 1 aromatic carbocycles. The van der Waals surface area contributed by atoms with Crippen LogP contribution in [-0.2, 0) is 0 Å². The molecular weight excluding hydrogens is 244 g/mol. The zero-order valence-corrected chi connectivity index (χ0v) is 10.6. The molecule has 0 aromatic heterocycles. The van der Waals surface area contributed by atoms with Gasteiger partial charge >= 0.3 is 0 Å². The van der Waals surface area contributed by atoms with E-state index in [1.165, 1.54) is 6.07 Å². The number of likely N-dealkylation sites (N-methyl/N-ethyl adjacent to an activating group) is 1. The first-order valence-electron chi connectivity index (χ1n) is 5.13. The molecule has 0 aliphatic heterocycles. The monoisotopic (exact) mass is 259 g/mol. The summed E-state index contributed by atoms with van der Waals surface area (Å²) in [5, 5.41) is 6.12. The Morgan fingerprint density at radius 2 is 2.00 bits per heavy atom. The number of hydrogen-bond donors (Lipinski definition) is 2. The minimum Gasteiger partial charge on any atom is -0.361 e. The molecule has 0 aliphatic carbocycles. The van der Waals surface area contributed by atoms with Gasteiger partial charge < -0.3 is 15.5 Å². The van der Waals surface area contributed by atoms with Crippen molar-refractivity contribution in [1.29, 1.82) is 0 Å². The number of thiocarbonyl (C=S) groups is 1. The molecule has 0 spiro atoms. The number of anilines is 1. The molecule has 0 saturated carbocycles. The predicted molar refractivity (Wildman–Crippen MR) is 69.1 cm³/mol. The average Bonchev–Trinajstić information content (AvgIpc) is 2.23. The van der Waals surface area contributed by atoms with E-state index in [4.69, 9.17) is 12.2 Å². The fourth-order valence-electron chi connectivity index (χ4n) is 1.14. The topological polar surface area (TPSA) is 27.3 Å². The smallest absolute Gasteiger partial charge is 0.170 e. The summed E-state index contributed by atoms with van der Waals surface area (Å²) < 4.78 is 25.6. The lowest BCUT2D eigenvalue weighted by Gasteiger charge is -2.13. The van der Waals surface area contributed by atoms with Crippen LogP contribution < -0.4 is 10.6 Å². The number of nitrogens with zero attached hydrogens (tertiary/aromatic N) is 1. The van der Waals surface area contributed by atoms with Crippen molar-refractivity contribution in [3.05, 3.63) is 29.8 Å². The molecule has 2 N–H and O–H groups in total. The normalized spacial score (nSPS) is 10.4. The molecule has 0 aliphatic rings. The van der Waals surface area contributed by atoms with Crippen LogP contribution in [0.25, 0.3) is 0 Å². The second-order valence-electron chi connectivity index (χ2n) is 3.81. The van der Waals surface area contributed by atoms with Crippen molar-refractivity contribution in [2.24, 2.45) is 0 Å². The van der Waals surface area contributed by atoms with E-state index in [1.807, 2.05) is 19.0 Å². The van der Waals surface area contributed by atoms with Crippen LogP contribution in [0.4, 0.5) is 14.5 Å². The third kappa shape index (κ3) is 5.06. The molecule has 0 bridgehead atoms. The van der Waals surface area contributed by atoms with E-state index in [-0.39, 0.29) is 0 Å². The van der Waals surface area contributed by atoms with Crippen LogP contribution >= 0.6 is 12.2 Å². The van der Waals surface area contributed by atoms with Crippen LogP contribution in [0.3, 0.4) is 0 Å². The highest BCUT2D eigenvalue weighted by molar-refractivity contribution is 7.80. The third-order valence-electron chi connectivity index (χ3n) is 2.02. The Labute approximate surface area is 105 Å². The summed E-state index contributed by atoms with van der Waals surface area (Å²) in [6.45, 7) is 1.52. The molecule has 3 nitrogen and oxygen atoms in total. The van der Waals surface area contributed by atoms with Gasteiger partial charge in [-0.05, 0) is 38.4 Å². The van der Waals surface area contributed by atoms with E-state index in [9.17, 15) is 8.78 Å². The zero-order chi connectivity index (χ0) is 12.8. The summed E-state index contributed by atoms with van der Waals surface area (Å²) in [5.74, 6) is -1.77. The quantitative estimate of drug-likeness (QED) is 0.807. The van der Waals surface area contributed by atoms with Crippen LogP contribution in [0.15, 0.2) is 18.2 Å². The second kappa shape index (κ2) is 6.46. The van der Waals surface area contributed by atoms with Crippen molar-refractivity contribution >= 4 is 23.0 Å². The standard InChI is InChI=1S/C11H15F2N3S/c1-16(2)6-5-14-11(17)15-8-3-4-9(12)10(13)7-8/h3-4,7H,5-6H2,1-2H3,(H2,14,15,17). The van der Waals surface area contributed by atoms with E-state index >= 15 is 0 Å². The van der Waals surface area contributed by atoms with E-state index in [2.05, 4.69) is 10.6 Å². The molecule has 94 valence electrons. The van der Waals surface area contributed by atoms with Crippen molar-refractivity contribution in [3.8, 4) is 0 Å². The largest absolute Gasteiger partial charge is 0.361 e. The van der Waals surface area contributed by atoms with Gasteiger partial charge in [-0.25, -0.2) is 8.78 Å². The number of halogens is 2. The van der Waals surface area contributed by atoms with E-state index < -0.39 is 11.6 Å². The van der Waals surface area contributed by atoms with Crippen molar-refractivity contribution in [2.45, 2.75) is 0 Å². The first kappa shape index (κ1) is 13.8. The molecule has 0 unspecified atom stereocenters. The lowest BCUT2D eigenvalue weighted by atomic mass is 10.3. The van der Waals surface area contributed by atoms with Crippen LogP contribution in [0.5, 0.6) is 0 Å². The first-order valence-corrected chi connectivity index (χ1v) is 5.54. The Balaban J connectivity index is 2.42. The van der Waals surface area contributed by atoms with Crippen molar-refractivity contribution in [1.82, 2.24) is 10.2 Å². The fraction of sp³-hybridized carbons (Fsp3) is 0.364. The van der Waals surface area contributed by atoms with Gasteiger partial charge in [0.05, 0.1) is 0 Å². The van der Waals surface area contributed by atoms with Gasteiger partial charge in [-0.1, -0.05) is 0 Å². The number of hydrogen-bond acceptors (Lipinski definition) is 2. The molecule has 0 fully saturated rings. The fourth-order valence-corrected chi connectivity index (χ4v) is 1.36. The highest BCUT2D eigenvalue weighted by Crippen LogP contribution is 2.12. The first-order chi connectivity index (χ1) is 7.99. The molecule has 0 radical (unpaired) electrons. The highest BCUT2D eigenvalue weighted by atomic mass is 32.1. The molecule has 6 heteroatoms. The minimum absolute atomic E-state index is 0.387. The summed E-state index contributed by atoms with van der Waals surface area (Å²) in [6, 6.07) is 3.55. The average molecular weight is 259 g/mol. The van der Waals surface area contributed by atoms with Crippen molar-refractivity contribution < 1.29 is 8.78 Å². The van der Waals surface area contributed by atoms with Gasteiger partial charge in [-0.3, -0.25) is 0 Å². The predicted octanol–water partition coefficient (Wildman–Crippen LogP) is 1.81. The summed E-state index contributed by atoms with van der Waals surface area (Å²) in [4.78, 5) is 2.01. The maximum atomic E-state index is 12.9. The van der Waals surface area contributed by atoms with Gasteiger partial charge in [0, 0.05) is 24.8 Å². The van der Waals surface area contributed by atoms with Gasteiger partial charge in [0.25, 0.3) is 0 Å². The molecule has 0 amide bonds. The number of rotatable bonds is 4. The molecule has 0 heterocycles. The van der Waals surface area contributed by atoms with E-state index in [1.54, 1.807) is 0 Å². The number of benzene rings is 1. The van der Waals surface area contributed by atoms with Crippen LogP contribution in [0.2, 0.25) is 0 Å². The maximum Gasteiger partial charge on any atom is 0.170 e. The lowest BCUT2D eigenvalue weighted by molar-refractivity contribution is 0.413. The Morgan fingerprint density at radius 3 is 2.59 bits per heavy atom. The SMILES string of the molecule is CN(C)CCNC(=S)Nc1ccc(F)c(F)c1. The Morgan fingerprint density at radius 1 is 1.29 bits per heavy atom. The third-order valence-corrected chi connectivity index (χ3v) is 2.27. The van der Waals surface area contributed by atoms with Gasteiger partial charge in [0.15, 0.2) is 16.7 Å². The van der Waals surface area contributed by atoms with E-state index in [0.29, 0.717) is 17.3 Å². The summed E-state index contributed by atoms with van der Waals surface area (Å²) >= 11 is 5.01. The highest BCUT2D eigenvalue weighted by Gasteiger charge is 2.03. The molecule has 1 rings (SSSR count). The zero-order valence-electron chi connectivity index (χ0n) is 9.76. The molecule has 17 heavy (non-hydrogen) atoms. The van der Waals surface area contributed by atoms with Gasteiger partial charge in [0.2, 0.25) is 0 Å². The summed E-state index contributed by atoms with van der Waals surface area (Å²) in [6.07, 6.45) is 0. The molecular formula is C11H15F2N3S. The van der Waals surface area contributed by atoms with Crippen LogP contribution in [0.1, 0.15) is 0 Å². The Kier molecular flexibility index (Phi) is 5.24. The van der Waals surface area contributed by atoms with Gasteiger partial charge in [-0.2, -0.15) is 0 Å². The summed E-state index contributed by atoms with van der Waals surface area (Å²) in [5.41, 5.74) is 0.422. The maximum absolute atomic E-state index is 12.9. The minimum atomic E-state index is -0.897. The Hall–Kier alpha value is -1.27.